The number of carbonyl (C=O) groups excluding carboxylic acids is 1. The summed E-state index contributed by atoms with van der Waals surface area (Å²) in [6.45, 7) is 0. The van der Waals surface area contributed by atoms with Gasteiger partial charge in [-0.25, -0.2) is 9.37 Å². The Morgan fingerprint density at radius 2 is 2.15 bits per heavy atom. The quantitative estimate of drug-likeness (QED) is 0.696. The van der Waals surface area contributed by atoms with Gasteiger partial charge in [0.1, 0.15) is 11.4 Å². The number of pyridine rings is 1. The van der Waals surface area contributed by atoms with Crippen molar-refractivity contribution in [3.8, 4) is 0 Å². The number of nitrogens with one attached hydrogen (secondary N) is 1. The van der Waals surface area contributed by atoms with E-state index in [0.717, 1.165) is 18.2 Å². The highest BCUT2D eigenvalue weighted by atomic mass is 35.5. The van der Waals surface area contributed by atoms with E-state index in [4.69, 9.17) is 11.6 Å². The number of nitro groups is 1. The Balaban J connectivity index is 2.37. The number of hydrogen-bond acceptors (Lipinski definition) is 4. The molecule has 20 heavy (non-hydrogen) atoms. The van der Waals surface area contributed by atoms with Crippen molar-refractivity contribution < 1.29 is 14.1 Å². The van der Waals surface area contributed by atoms with Crippen LogP contribution in [0.1, 0.15) is 10.4 Å². The van der Waals surface area contributed by atoms with Gasteiger partial charge in [0.2, 0.25) is 0 Å². The van der Waals surface area contributed by atoms with Crippen LogP contribution in [0.3, 0.4) is 0 Å². The molecule has 0 aliphatic heterocycles. The van der Waals surface area contributed by atoms with Crippen LogP contribution < -0.4 is 5.32 Å². The summed E-state index contributed by atoms with van der Waals surface area (Å²) < 4.78 is 13.1. The molecule has 0 aliphatic carbocycles. The number of nitro benzene ring substituents is 1. The lowest BCUT2D eigenvalue weighted by Crippen LogP contribution is -2.15. The Labute approximate surface area is 117 Å². The van der Waals surface area contributed by atoms with Crippen LogP contribution >= 0.6 is 11.6 Å². The highest BCUT2D eigenvalue weighted by Crippen LogP contribution is 2.23. The molecule has 1 aromatic heterocycles. The number of rotatable bonds is 3. The summed E-state index contributed by atoms with van der Waals surface area (Å²) in [6, 6.07) is 5.66. The molecule has 0 fully saturated rings. The summed E-state index contributed by atoms with van der Waals surface area (Å²) >= 11 is 5.80. The zero-order valence-electron chi connectivity index (χ0n) is 9.84. The first-order chi connectivity index (χ1) is 9.49. The average Bonchev–Trinajstić information content (AvgIpc) is 2.40. The van der Waals surface area contributed by atoms with Gasteiger partial charge in [-0.1, -0.05) is 11.6 Å². The largest absolute Gasteiger partial charge is 0.305 e. The molecule has 0 atom stereocenters. The Bertz CT molecular complexity index is 693. The van der Waals surface area contributed by atoms with Crippen LogP contribution in [0, 0.1) is 15.9 Å². The lowest BCUT2D eigenvalue weighted by atomic mass is 10.1. The molecule has 102 valence electrons. The molecule has 0 saturated heterocycles. The number of aromatic nitrogens is 1. The van der Waals surface area contributed by atoms with Gasteiger partial charge in [-0.05, 0) is 24.3 Å². The summed E-state index contributed by atoms with van der Waals surface area (Å²) in [4.78, 5) is 25.8. The molecule has 0 bridgehead atoms. The third-order valence-corrected chi connectivity index (χ3v) is 2.70. The Morgan fingerprint density at radius 1 is 1.40 bits per heavy atom. The van der Waals surface area contributed by atoms with E-state index >= 15 is 0 Å². The van der Waals surface area contributed by atoms with Crippen molar-refractivity contribution in [3.05, 3.63) is 63.0 Å². The topological polar surface area (TPSA) is 85.1 Å². The predicted octanol–water partition coefficient (Wildman–Crippen LogP) is 3.03. The van der Waals surface area contributed by atoms with Crippen molar-refractivity contribution in [2.24, 2.45) is 0 Å². The van der Waals surface area contributed by atoms with Crippen LogP contribution in [0.5, 0.6) is 0 Å². The van der Waals surface area contributed by atoms with Gasteiger partial charge in [-0.3, -0.25) is 14.9 Å². The lowest BCUT2D eigenvalue weighted by molar-refractivity contribution is -0.385. The number of carbonyl (C=O) groups is 1. The van der Waals surface area contributed by atoms with Crippen molar-refractivity contribution >= 4 is 29.0 Å². The van der Waals surface area contributed by atoms with E-state index in [1.54, 1.807) is 6.07 Å². The maximum absolute atomic E-state index is 13.1. The molecular formula is C12H7ClFN3O3. The fraction of sp³-hybridized carbons (Fsp3) is 0. The zero-order valence-corrected chi connectivity index (χ0v) is 10.6. The van der Waals surface area contributed by atoms with E-state index in [9.17, 15) is 19.3 Å². The summed E-state index contributed by atoms with van der Waals surface area (Å²) in [5.41, 5.74) is -0.910. The predicted molar refractivity (Wildman–Crippen MR) is 70.3 cm³/mol. The van der Waals surface area contributed by atoms with Crippen LogP contribution in [0.25, 0.3) is 0 Å². The molecule has 0 saturated carbocycles. The first kappa shape index (κ1) is 13.9. The van der Waals surface area contributed by atoms with E-state index in [1.807, 2.05) is 0 Å². The van der Waals surface area contributed by atoms with E-state index in [-0.39, 0.29) is 10.8 Å². The van der Waals surface area contributed by atoms with E-state index in [1.165, 1.54) is 12.3 Å². The highest BCUT2D eigenvalue weighted by molar-refractivity contribution is 6.33. The molecular weight excluding hydrogens is 289 g/mol. The SMILES string of the molecule is O=C(Nc1ncccc1Cl)c1cc(F)ccc1[N+](=O)[O-]. The van der Waals surface area contributed by atoms with Crippen molar-refractivity contribution in [3.63, 3.8) is 0 Å². The maximum atomic E-state index is 13.1. The standard InChI is InChI=1S/C12H7ClFN3O3/c13-9-2-1-5-15-11(9)16-12(18)8-6-7(14)3-4-10(8)17(19)20/h1-6H,(H,15,16,18). The molecule has 1 N–H and O–H groups in total. The summed E-state index contributed by atoms with van der Waals surface area (Å²) in [7, 11) is 0. The van der Waals surface area contributed by atoms with Crippen LogP contribution in [0.2, 0.25) is 5.02 Å². The second kappa shape index (κ2) is 5.62. The van der Waals surface area contributed by atoms with Crippen molar-refractivity contribution in [2.75, 3.05) is 5.32 Å². The number of nitrogens with zero attached hydrogens (tertiary/aromatic N) is 2. The minimum absolute atomic E-state index is 0.0396. The molecule has 1 amide bonds. The van der Waals surface area contributed by atoms with Crippen LogP contribution in [-0.4, -0.2) is 15.8 Å². The van der Waals surface area contributed by atoms with E-state index < -0.39 is 27.9 Å². The second-order valence-corrected chi connectivity index (χ2v) is 4.11. The average molecular weight is 296 g/mol. The third kappa shape index (κ3) is 2.89. The number of amides is 1. The Hall–Kier alpha value is -2.54. The summed E-state index contributed by atoms with van der Waals surface area (Å²) in [5, 5.41) is 13.3. The van der Waals surface area contributed by atoms with Gasteiger partial charge in [-0.2, -0.15) is 0 Å². The zero-order chi connectivity index (χ0) is 14.7. The monoisotopic (exact) mass is 295 g/mol. The number of halogens is 2. The molecule has 0 spiro atoms. The first-order valence-corrected chi connectivity index (χ1v) is 5.72. The van der Waals surface area contributed by atoms with Crippen molar-refractivity contribution in [1.29, 1.82) is 0 Å². The molecule has 1 heterocycles. The van der Waals surface area contributed by atoms with Gasteiger partial charge in [0.15, 0.2) is 5.82 Å². The Kier molecular flexibility index (Phi) is 3.90. The van der Waals surface area contributed by atoms with Gasteiger partial charge in [0.05, 0.1) is 9.95 Å². The highest BCUT2D eigenvalue weighted by Gasteiger charge is 2.21. The molecule has 8 heteroatoms. The molecule has 2 aromatic rings. The van der Waals surface area contributed by atoms with Gasteiger partial charge in [0.25, 0.3) is 11.6 Å². The van der Waals surface area contributed by atoms with Gasteiger partial charge in [0, 0.05) is 12.3 Å². The fourth-order valence-corrected chi connectivity index (χ4v) is 1.67. The van der Waals surface area contributed by atoms with Crippen LogP contribution in [-0.2, 0) is 0 Å². The first-order valence-electron chi connectivity index (χ1n) is 5.35. The minimum Gasteiger partial charge on any atom is -0.305 e. The fourth-order valence-electron chi connectivity index (χ4n) is 1.50. The molecule has 0 unspecified atom stereocenters. The smallest absolute Gasteiger partial charge is 0.282 e. The lowest BCUT2D eigenvalue weighted by Gasteiger charge is -2.06. The Morgan fingerprint density at radius 3 is 2.80 bits per heavy atom. The molecule has 2 rings (SSSR count). The van der Waals surface area contributed by atoms with Crippen LogP contribution in [0.15, 0.2) is 36.5 Å². The molecule has 0 radical (unpaired) electrons. The van der Waals surface area contributed by atoms with Gasteiger partial charge >= 0.3 is 0 Å². The second-order valence-electron chi connectivity index (χ2n) is 3.71. The molecule has 0 aliphatic rings. The number of anilines is 1. The van der Waals surface area contributed by atoms with Crippen molar-refractivity contribution in [2.45, 2.75) is 0 Å². The minimum atomic E-state index is -0.864. The molecule has 6 nitrogen and oxygen atoms in total. The molecule has 1 aromatic carbocycles. The summed E-state index contributed by atoms with van der Waals surface area (Å²) in [5.74, 6) is -1.58. The van der Waals surface area contributed by atoms with Crippen LogP contribution in [0.4, 0.5) is 15.9 Å². The van der Waals surface area contributed by atoms with Gasteiger partial charge < -0.3 is 5.32 Å². The number of benzene rings is 1. The maximum Gasteiger partial charge on any atom is 0.282 e. The third-order valence-electron chi connectivity index (χ3n) is 2.39. The van der Waals surface area contributed by atoms with Gasteiger partial charge in [-0.15, -0.1) is 0 Å². The normalized spacial score (nSPS) is 10.1. The van der Waals surface area contributed by atoms with E-state index in [0.29, 0.717) is 0 Å². The number of hydrogen-bond donors (Lipinski definition) is 1. The van der Waals surface area contributed by atoms with Crippen molar-refractivity contribution in [1.82, 2.24) is 4.98 Å². The van der Waals surface area contributed by atoms with E-state index in [2.05, 4.69) is 10.3 Å². The summed E-state index contributed by atoms with van der Waals surface area (Å²) in [6.07, 6.45) is 1.39.